The average Bonchev–Trinajstić information content (AvgIpc) is 2.65. The predicted molar refractivity (Wildman–Crippen MR) is 99.5 cm³/mol. The van der Waals surface area contributed by atoms with Crippen LogP contribution in [0.15, 0.2) is 54.2 Å². The molecule has 25 heavy (non-hydrogen) atoms. The number of fused-ring (bicyclic) bond motifs is 3. The third-order valence-corrected chi connectivity index (χ3v) is 5.25. The molecule has 5 rings (SSSR count). The summed E-state index contributed by atoms with van der Waals surface area (Å²) in [6.45, 7) is 2.44. The maximum absolute atomic E-state index is 12.4. The van der Waals surface area contributed by atoms with Gasteiger partial charge < -0.3 is 9.64 Å². The van der Waals surface area contributed by atoms with E-state index in [0.29, 0.717) is 17.4 Å². The van der Waals surface area contributed by atoms with Crippen molar-refractivity contribution in [3.05, 3.63) is 70.4 Å². The highest BCUT2D eigenvalue weighted by Gasteiger charge is 2.36. The van der Waals surface area contributed by atoms with Gasteiger partial charge in [0.25, 0.3) is 0 Å². The van der Waals surface area contributed by atoms with Gasteiger partial charge in [-0.15, -0.1) is 0 Å². The first kappa shape index (κ1) is 16.2. The first-order valence-electron chi connectivity index (χ1n) is 8.68. The molecular weight excluding hydrogens is 334 g/mol. The molecule has 0 radical (unpaired) electrons. The van der Waals surface area contributed by atoms with Crippen LogP contribution in [0.2, 0.25) is 5.02 Å². The van der Waals surface area contributed by atoms with Gasteiger partial charge in [0.15, 0.2) is 5.78 Å². The van der Waals surface area contributed by atoms with Gasteiger partial charge in [0, 0.05) is 19.0 Å². The van der Waals surface area contributed by atoms with Crippen molar-refractivity contribution >= 4 is 23.5 Å². The monoisotopic (exact) mass is 353 g/mol. The smallest absolute Gasteiger partial charge is 0.182 e. The Morgan fingerprint density at radius 1 is 1.12 bits per heavy atom. The van der Waals surface area contributed by atoms with Crippen LogP contribution < -0.4 is 4.74 Å². The van der Waals surface area contributed by atoms with E-state index in [1.54, 1.807) is 0 Å². The predicted octanol–water partition coefficient (Wildman–Crippen LogP) is 4.55. The number of rotatable bonds is 4. The van der Waals surface area contributed by atoms with Crippen LogP contribution in [-0.4, -0.2) is 23.8 Å². The van der Waals surface area contributed by atoms with Gasteiger partial charge in [0.2, 0.25) is 0 Å². The molecule has 0 amide bonds. The van der Waals surface area contributed by atoms with Gasteiger partial charge in [-0.25, -0.2) is 0 Å². The number of ketones is 1. The normalized spacial score (nSPS) is 18.8. The van der Waals surface area contributed by atoms with Gasteiger partial charge in [-0.3, -0.25) is 4.79 Å². The number of carbonyl (C=O) groups excluding carboxylic acids is 1. The van der Waals surface area contributed by atoms with E-state index in [1.165, 1.54) is 0 Å². The lowest BCUT2D eigenvalue weighted by Crippen LogP contribution is -2.45. The number of halogens is 1. The van der Waals surface area contributed by atoms with Crippen LogP contribution in [0.4, 0.5) is 0 Å². The maximum atomic E-state index is 12.4. The lowest BCUT2D eigenvalue weighted by Gasteiger charge is -2.41. The van der Waals surface area contributed by atoms with E-state index in [-0.39, 0.29) is 11.7 Å². The van der Waals surface area contributed by atoms with Crippen LogP contribution in [0.25, 0.3) is 6.08 Å². The van der Waals surface area contributed by atoms with Crippen molar-refractivity contribution < 1.29 is 9.53 Å². The minimum absolute atomic E-state index is 0.209. The number of nitrogens with zero attached hydrogens (tertiary/aromatic N) is 1. The van der Waals surface area contributed by atoms with Crippen LogP contribution in [0.3, 0.4) is 0 Å². The van der Waals surface area contributed by atoms with E-state index in [9.17, 15) is 4.79 Å². The molecule has 0 atom stereocenters. The fourth-order valence-corrected chi connectivity index (χ4v) is 3.77. The van der Waals surface area contributed by atoms with Crippen molar-refractivity contribution in [3.63, 3.8) is 0 Å². The Kier molecular flexibility index (Phi) is 4.50. The Hall–Kier alpha value is -2.26. The second-order valence-corrected chi connectivity index (χ2v) is 7.03. The number of benzene rings is 2. The maximum Gasteiger partial charge on any atom is 0.182 e. The molecule has 3 nitrogen and oxygen atoms in total. The molecule has 3 heterocycles. The third kappa shape index (κ3) is 3.42. The zero-order valence-corrected chi connectivity index (χ0v) is 14.7. The molecule has 0 N–H and O–H groups in total. The SMILES string of the molecule is O=C1/C(=C/c2ccc(OCc3ccccc3)c(Cl)c2)N2CCC1CC2. The van der Waals surface area contributed by atoms with E-state index >= 15 is 0 Å². The highest BCUT2D eigenvalue weighted by molar-refractivity contribution is 6.32. The second-order valence-electron chi connectivity index (χ2n) is 6.62. The molecule has 0 aliphatic carbocycles. The fourth-order valence-electron chi connectivity index (χ4n) is 3.53. The van der Waals surface area contributed by atoms with Crippen molar-refractivity contribution in [2.75, 3.05) is 13.1 Å². The standard InChI is InChI=1S/C21H20ClNO2/c22-18-12-16(13-19-21(24)17-8-10-23(19)11-9-17)6-7-20(18)25-14-15-4-2-1-3-5-15/h1-7,12-13,17H,8-11,14H2/b19-13-. The van der Waals surface area contributed by atoms with E-state index in [1.807, 2.05) is 54.6 Å². The van der Waals surface area contributed by atoms with Crippen molar-refractivity contribution in [2.45, 2.75) is 19.4 Å². The summed E-state index contributed by atoms with van der Waals surface area (Å²) in [5, 5.41) is 0.564. The number of Topliss-reactive ketones (excluding diaryl/α,β-unsaturated/α-hetero) is 1. The molecular formula is C21H20ClNO2. The third-order valence-electron chi connectivity index (χ3n) is 4.96. The molecule has 0 spiro atoms. The lowest BCUT2D eigenvalue weighted by molar-refractivity contribution is -0.125. The van der Waals surface area contributed by atoms with E-state index in [4.69, 9.17) is 16.3 Å². The Morgan fingerprint density at radius 3 is 2.56 bits per heavy atom. The van der Waals surface area contributed by atoms with Crippen LogP contribution in [0, 0.1) is 5.92 Å². The summed E-state index contributed by atoms with van der Waals surface area (Å²) in [4.78, 5) is 14.6. The largest absolute Gasteiger partial charge is 0.487 e. The summed E-state index contributed by atoms with van der Waals surface area (Å²) < 4.78 is 5.81. The molecule has 3 fully saturated rings. The minimum Gasteiger partial charge on any atom is -0.487 e. The summed E-state index contributed by atoms with van der Waals surface area (Å²) in [6, 6.07) is 15.7. The molecule has 128 valence electrons. The number of piperidine rings is 3. The number of hydrogen-bond donors (Lipinski definition) is 0. The number of allylic oxidation sites excluding steroid dienone is 1. The lowest BCUT2D eigenvalue weighted by atomic mass is 9.84. The van der Waals surface area contributed by atoms with Crippen molar-refractivity contribution in [1.29, 1.82) is 0 Å². The molecule has 3 aliphatic rings. The van der Waals surface area contributed by atoms with Crippen LogP contribution >= 0.6 is 11.6 Å². The van der Waals surface area contributed by atoms with Gasteiger partial charge in [0.05, 0.1) is 10.7 Å². The highest BCUT2D eigenvalue weighted by atomic mass is 35.5. The molecule has 0 unspecified atom stereocenters. The first-order chi connectivity index (χ1) is 12.2. The Labute approximate surface area is 152 Å². The fraction of sp³-hybridized carbons (Fsp3) is 0.286. The van der Waals surface area contributed by atoms with E-state index in [0.717, 1.165) is 42.8 Å². The summed E-state index contributed by atoms with van der Waals surface area (Å²) in [5.41, 5.74) is 2.87. The quantitative estimate of drug-likeness (QED) is 0.755. The molecule has 2 aromatic rings. The number of hydrogen-bond acceptors (Lipinski definition) is 3. The van der Waals surface area contributed by atoms with Crippen LogP contribution in [0.5, 0.6) is 5.75 Å². The van der Waals surface area contributed by atoms with Gasteiger partial charge >= 0.3 is 0 Å². The van der Waals surface area contributed by atoms with Crippen LogP contribution in [-0.2, 0) is 11.4 Å². The Morgan fingerprint density at radius 2 is 1.88 bits per heavy atom. The van der Waals surface area contributed by atoms with E-state index in [2.05, 4.69) is 4.90 Å². The minimum atomic E-state index is 0.209. The Balaban J connectivity index is 1.50. The average molecular weight is 354 g/mol. The van der Waals surface area contributed by atoms with E-state index < -0.39 is 0 Å². The van der Waals surface area contributed by atoms with Crippen molar-refractivity contribution in [1.82, 2.24) is 4.90 Å². The van der Waals surface area contributed by atoms with Gasteiger partial charge in [-0.1, -0.05) is 48.0 Å². The molecule has 2 aromatic carbocycles. The van der Waals surface area contributed by atoms with Gasteiger partial charge in [0.1, 0.15) is 12.4 Å². The zero-order chi connectivity index (χ0) is 17.2. The summed E-state index contributed by atoms with van der Waals surface area (Å²) in [6.07, 6.45) is 3.94. The number of carbonyl (C=O) groups is 1. The highest BCUT2D eigenvalue weighted by Crippen LogP contribution is 2.33. The molecule has 3 saturated heterocycles. The molecule has 0 saturated carbocycles. The van der Waals surface area contributed by atoms with Gasteiger partial charge in [-0.2, -0.15) is 0 Å². The number of ether oxygens (including phenoxy) is 1. The molecule has 2 bridgehead atoms. The first-order valence-corrected chi connectivity index (χ1v) is 9.05. The topological polar surface area (TPSA) is 29.5 Å². The Bertz CT molecular complexity index is 808. The summed E-state index contributed by atoms with van der Waals surface area (Å²) in [5.74, 6) is 1.14. The summed E-state index contributed by atoms with van der Waals surface area (Å²) in [7, 11) is 0. The molecule has 0 aromatic heterocycles. The zero-order valence-electron chi connectivity index (χ0n) is 14.0. The van der Waals surface area contributed by atoms with Crippen molar-refractivity contribution in [3.8, 4) is 5.75 Å². The van der Waals surface area contributed by atoms with Gasteiger partial charge in [-0.05, 0) is 42.2 Å². The molecule has 3 aliphatic heterocycles. The molecule has 4 heteroatoms. The van der Waals surface area contributed by atoms with Crippen molar-refractivity contribution in [2.24, 2.45) is 5.92 Å². The second kappa shape index (κ2) is 6.93. The summed E-state index contributed by atoms with van der Waals surface area (Å²) >= 11 is 6.38. The van der Waals surface area contributed by atoms with Crippen LogP contribution in [0.1, 0.15) is 24.0 Å².